The lowest BCUT2D eigenvalue weighted by atomic mass is 10.3. The minimum atomic E-state index is -0.227. The van der Waals surface area contributed by atoms with Gasteiger partial charge in [-0.1, -0.05) is 23.2 Å². The highest BCUT2D eigenvalue weighted by molar-refractivity contribution is 8.00. The maximum atomic E-state index is 11.9. The van der Waals surface area contributed by atoms with Gasteiger partial charge in [-0.05, 0) is 19.9 Å². The van der Waals surface area contributed by atoms with E-state index < -0.39 is 0 Å². The number of hydrogen-bond acceptors (Lipinski definition) is 5. The second-order valence-electron chi connectivity index (χ2n) is 4.59. The molecule has 0 radical (unpaired) electrons. The molecule has 1 amide bonds. The fourth-order valence-electron chi connectivity index (χ4n) is 1.44. The molecule has 0 unspecified atom stereocenters. The molecule has 1 aromatic carbocycles. The van der Waals surface area contributed by atoms with E-state index in [0.717, 1.165) is 0 Å². The minimum absolute atomic E-state index is 0.0451. The van der Waals surface area contributed by atoms with Crippen molar-refractivity contribution in [1.29, 1.82) is 0 Å². The Morgan fingerprint density at radius 1 is 1.36 bits per heavy atom. The number of carbonyl (C=O) groups is 1. The summed E-state index contributed by atoms with van der Waals surface area (Å²) >= 11 is 13.4. The molecule has 0 heterocycles. The number of rotatable bonds is 7. The largest absolute Gasteiger partial charge is 0.489 e. The Kier molecular flexibility index (Phi) is 7.64. The van der Waals surface area contributed by atoms with Gasteiger partial charge in [-0.25, -0.2) is 0 Å². The van der Waals surface area contributed by atoms with Crippen LogP contribution in [0.15, 0.2) is 17.2 Å². The third-order valence-corrected chi connectivity index (χ3v) is 3.88. The Hall–Kier alpha value is -1.31. The van der Waals surface area contributed by atoms with Gasteiger partial charge >= 0.3 is 0 Å². The van der Waals surface area contributed by atoms with Crippen molar-refractivity contribution in [3.63, 3.8) is 0 Å². The molecule has 0 aliphatic carbocycles. The average Bonchev–Trinajstić information content (AvgIpc) is 2.43. The van der Waals surface area contributed by atoms with Gasteiger partial charge in [0.1, 0.15) is 11.6 Å². The molecule has 0 aromatic heterocycles. The Morgan fingerprint density at radius 3 is 2.64 bits per heavy atom. The first kappa shape index (κ1) is 18.7. The molecule has 0 bridgehead atoms. The molecule has 9 heteroatoms. The van der Waals surface area contributed by atoms with Gasteiger partial charge in [-0.15, -0.1) is 11.8 Å². The minimum Gasteiger partial charge on any atom is -0.489 e. The average molecular weight is 365 g/mol. The zero-order valence-corrected chi connectivity index (χ0v) is 14.6. The number of thioether (sulfide) groups is 1. The van der Waals surface area contributed by atoms with Crippen molar-refractivity contribution >= 4 is 52.4 Å². The predicted molar refractivity (Wildman–Crippen MR) is 94.0 cm³/mol. The highest BCUT2D eigenvalue weighted by Crippen LogP contribution is 2.34. The van der Waals surface area contributed by atoms with Crippen LogP contribution in [0.5, 0.6) is 5.75 Å². The Bertz CT molecular complexity index is 567. The number of nitrogens with zero attached hydrogens (tertiary/aromatic N) is 1. The Balaban J connectivity index is 2.69. The highest BCUT2D eigenvalue weighted by atomic mass is 35.5. The molecular weight excluding hydrogens is 347 g/mol. The van der Waals surface area contributed by atoms with E-state index in [1.54, 1.807) is 6.07 Å². The van der Waals surface area contributed by atoms with E-state index >= 15 is 0 Å². The van der Waals surface area contributed by atoms with Gasteiger partial charge in [0.15, 0.2) is 0 Å². The van der Waals surface area contributed by atoms with Gasteiger partial charge in [-0.2, -0.15) is 5.10 Å². The molecule has 0 saturated heterocycles. The summed E-state index contributed by atoms with van der Waals surface area (Å²) in [4.78, 5) is 11.9. The number of nitrogens with two attached hydrogens (primary N) is 2. The van der Waals surface area contributed by atoms with Crippen LogP contribution in [0.1, 0.15) is 13.8 Å². The SMILES string of the molecule is CC(C)Oc1cc(NC(=O)CSC/C(N)=N/N)c(Cl)cc1Cl. The van der Waals surface area contributed by atoms with Crippen molar-refractivity contribution in [2.75, 3.05) is 16.8 Å². The van der Waals surface area contributed by atoms with Crippen molar-refractivity contribution in [1.82, 2.24) is 0 Å². The number of hydrogen-bond donors (Lipinski definition) is 3. The number of amidine groups is 1. The molecule has 0 spiro atoms. The quantitative estimate of drug-likeness (QED) is 0.298. The van der Waals surface area contributed by atoms with E-state index in [0.29, 0.717) is 27.2 Å². The molecule has 1 rings (SSSR count). The molecular formula is C13H18Cl2N4O2S. The molecule has 6 nitrogen and oxygen atoms in total. The van der Waals surface area contributed by atoms with Gasteiger partial charge in [0.2, 0.25) is 5.91 Å². The van der Waals surface area contributed by atoms with Crippen LogP contribution >= 0.6 is 35.0 Å². The molecule has 0 saturated carbocycles. The Labute approximate surface area is 143 Å². The van der Waals surface area contributed by atoms with Crippen molar-refractivity contribution in [3.8, 4) is 5.75 Å². The number of carbonyl (C=O) groups excluding carboxylic acids is 1. The molecule has 0 aliphatic rings. The molecule has 0 atom stereocenters. The fraction of sp³-hybridized carbons (Fsp3) is 0.385. The van der Waals surface area contributed by atoms with E-state index in [4.69, 9.17) is 39.5 Å². The number of benzene rings is 1. The zero-order valence-electron chi connectivity index (χ0n) is 12.2. The van der Waals surface area contributed by atoms with Crippen LogP contribution in [-0.4, -0.2) is 29.4 Å². The highest BCUT2D eigenvalue weighted by Gasteiger charge is 2.12. The first-order chi connectivity index (χ1) is 10.3. The first-order valence-electron chi connectivity index (χ1n) is 6.39. The van der Waals surface area contributed by atoms with Crippen LogP contribution in [0.3, 0.4) is 0 Å². The maximum Gasteiger partial charge on any atom is 0.234 e. The summed E-state index contributed by atoms with van der Waals surface area (Å²) in [5, 5.41) is 6.75. The maximum absolute atomic E-state index is 11.9. The fourth-order valence-corrected chi connectivity index (χ4v) is 2.56. The lowest BCUT2D eigenvalue weighted by Gasteiger charge is -2.14. The summed E-state index contributed by atoms with van der Waals surface area (Å²) in [5.41, 5.74) is 5.88. The van der Waals surface area contributed by atoms with Crippen LogP contribution in [0, 0.1) is 0 Å². The van der Waals surface area contributed by atoms with Crippen LogP contribution < -0.4 is 21.6 Å². The lowest BCUT2D eigenvalue weighted by Crippen LogP contribution is -2.20. The summed E-state index contributed by atoms with van der Waals surface area (Å²) in [6, 6.07) is 3.13. The van der Waals surface area contributed by atoms with E-state index in [1.807, 2.05) is 13.8 Å². The molecule has 122 valence electrons. The lowest BCUT2D eigenvalue weighted by molar-refractivity contribution is -0.113. The van der Waals surface area contributed by atoms with E-state index in [-0.39, 0.29) is 23.6 Å². The van der Waals surface area contributed by atoms with Crippen molar-refractivity contribution in [2.45, 2.75) is 20.0 Å². The normalized spacial score (nSPS) is 11.6. The van der Waals surface area contributed by atoms with E-state index in [1.165, 1.54) is 17.8 Å². The van der Waals surface area contributed by atoms with Gasteiger partial charge in [0.25, 0.3) is 0 Å². The summed E-state index contributed by atoms with van der Waals surface area (Å²) in [6.45, 7) is 3.76. The second-order valence-corrected chi connectivity index (χ2v) is 6.39. The van der Waals surface area contributed by atoms with Gasteiger partial charge in [0, 0.05) is 6.07 Å². The molecule has 0 fully saturated rings. The number of halogens is 2. The smallest absolute Gasteiger partial charge is 0.234 e. The van der Waals surface area contributed by atoms with Crippen LogP contribution in [-0.2, 0) is 4.79 Å². The van der Waals surface area contributed by atoms with Gasteiger partial charge in [0.05, 0.1) is 33.3 Å². The predicted octanol–water partition coefficient (Wildman–Crippen LogP) is 2.68. The summed E-state index contributed by atoms with van der Waals surface area (Å²) in [5.74, 6) is 6.08. The van der Waals surface area contributed by atoms with Crippen LogP contribution in [0.25, 0.3) is 0 Å². The van der Waals surface area contributed by atoms with Crippen molar-refractivity contribution in [3.05, 3.63) is 22.2 Å². The van der Waals surface area contributed by atoms with Crippen LogP contribution in [0.4, 0.5) is 5.69 Å². The Morgan fingerprint density at radius 2 is 2.05 bits per heavy atom. The molecule has 5 N–H and O–H groups in total. The van der Waals surface area contributed by atoms with Crippen molar-refractivity contribution in [2.24, 2.45) is 16.7 Å². The number of anilines is 1. The number of amides is 1. The van der Waals surface area contributed by atoms with E-state index in [2.05, 4.69) is 10.4 Å². The summed E-state index contributed by atoms with van der Waals surface area (Å²) in [7, 11) is 0. The van der Waals surface area contributed by atoms with Crippen LogP contribution in [0.2, 0.25) is 10.0 Å². The molecule has 22 heavy (non-hydrogen) atoms. The standard InChI is InChI=1S/C13H18Cl2N4O2S/c1-7(2)21-11-4-10(8(14)3-9(11)15)18-13(20)6-22-5-12(16)19-17/h3-4,7H,5-6,17H2,1-2H3,(H2,16,19)(H,18,20). The topological polar surface area (TPSA) is 103 Å². The third kappa shape index (κ3) is 6.21. The zero-order chi connectivity index (χ0) is 16.7. The number of ether oxygens (including phenoxy) is 1. The summed E-state index contributed by atoms with van der Waals surface area (Å²) < 4.78 is 5.56. The molecule has 1 aromatic rings. The molecule has 0 aliphatic heterocycles. The summed E-state index contributed by atoms with van der Waals surface area (Å²) in [6.07, 6.45) is -0.0451. The third-order valence-electron chi connectivity index (χ3n) is 2.31. The van der Waals surface area contributed by atoms with E-state index in [9.17, 15) is 4.79 Å². The van der Waals surface area contributed by atoms with Crippen molar-refractivity contribution < 1.29 is 9.53 Å². The number of hydrazone groups is 1. The van der Waals surface area contributed by atoms with Gasteiger partial charge < -0.3 is 21.6 Å². The van der Waals surface area contributed by atoms with Gasteiger partial charge in [-0.3, -0.25) is 4.79 Å². The first-order valence-corrected chi connectivity index (χ1v) is 8.30. The monoisotopic (exact) mass is 364 g/mol. The number of nitrogens with one attached hydrogen (secondary N) is 1. The second kappa shape index (κ2) is 8.97.